The van der Waals surface area contributed by atoms with Crippen LogP contribution in [-0.2, 0) is 6.61 Å². The lowest BCUT2D eigenvalue weighted by Gasteiger charge is -2.08. The fourth-order valence-electron chi connectivity index (χ4n) is 3.56. The van der Waals surface area contributed by atoms with Gasteiger partial charge in [0.2, 0.25) is 0 Å². The van der Waals surface area contributed by atoms with E-state index in [1.165, 1.54) is 10.8 Å². The third-order valence-corrected chi connectivity index (χ3v) is 5.18. The third kappa shape index (κ3) is 4.03. The summed E-state index contributed by atoms with van der Waals surface area (Å²) in [6.45, 7) is 0.502. The Morgan fingerprint density at radius 1 is 0.903 bits per heavy atom. The average Bonchev–Trinajstić information content (AvgIpc) is 3.26. The number of allylic oxidation sites excluding steroid dienone is 1. The number of para-hydroxylation sites is 2. The van der Waals surface area contributed by atoms with Crippen LogP contribution in [-0.4, -0.2) is 9.97 Å². The molecule has 31 heavy (non-hydrogen) atoms. The fourth-order valence-corrected chi connectivity index (χ4v) is 3.56. The predicted molar refractivity (Wildman–Crippen MR) is 124 cm³/mol. The van der Waals surface area contributed by atoms with Gasteiger partial charge in [0.15, 0.2) is 0 Å². The van der Waals surface area contributed by atoms with Gasteiger partial charge in [0.05, 0.1) is 16.6 Å². The van der Waals surface area contributed by atoms with Crippen LogP contribution in [0, 0.1) is 11.3 Å². The molecule has 0 aliphatic rings. The topological polar surface area (TPSA) is 61.7 Å². The van der Waals surface area contributed by atoms with Crippen molar-refractivity contribution < 1.29 is 4.74 Å². The van der Waals surface area contributed by atoms with Crippen LogP contribution < -0.4 is 4.74 Å². The molecular formula is C27H19N3O. The second-order valence-electron chi connectivity index (χ2n) is 7.31. The minimum atomic E-state index is 0.487. The Balaban J connectivity index is 1.31. The number of rotatable bonds is 5. The summed E-state index contributed by atoms with van der Waals surface area (Å²) < 4.78 is 5.95. The lowest BCUT2D eigenvalue weighted by molar-refractivity contribution is 0.306. The number of nitrogens with one attached hydrogen (secondary N) is 1. The number of ether oxygens (including phenoxy) is 1. The Kier molecular flexibility index (Phi) is 4.92. The van der Waals surface area contributed by atoms with E-state index in [0.29, 0.717) is 18.0 Å². The molecule has 0 saturated carbocycles. The van der Waals surface area contributed by atoms with Gasteiger partial charge in [-0.1, -0.05) is 60.7 Å². The molecule has 1 heterocycles. The van der Waals surface area contributed by atoms with Gasteiger partial charge in [0.1, 0.15) is 24.3 Å². The van der Waals surface area contributed by atoms with Gasteiger partial charge in [-0.05, 0) is 58.3 Å². The average molecular weight is 401 g/mol. The molecule has 0 bridgehead atoms. The number of benzene rings is 4. The van der Waals surface area contributed by atoms with Crippen molar-refractivity contribution in [3.63, 3.8) is 0 Å². The minimum absolute atomic E-state index is 0.487. The Labute approximate surface area is 180 Å². The molecule has 0 amide bonds. The van der Waals surface area contributed by atoms with Crippen molar-refractivity contribution in [2.45, 2.75) is 6.61 Å². The Morgan fingerprint density at radius 2 is 1.68 bits per heavy atom. The van der Waals surface area contributed by atoms with E-state index in [1.54, 1.807) is 0 Å². The van der Waals surface area contributed by atoms with Gasteiger partial charge in [-0.2, -0.15) is 5.26 Å². The fraction of sp³-hybridized carbons (Fsp3) is 0.0370. The number of H-pyrrole nitrogens is 1. The monoisotopic (exact) mass is 401 g/mol. The van der Waals surface area contributed by atoms with E-state index >= 15 is 0 Å². The minimum Gasteiger partial charge on any atom is -0.489 e. The molecule has 0 aliphatic heterocycles. The molecule has 1 aromatic heterocycles. The quantitative estimate of drug-likeness (QED) is 0.349. The number of fused-ring (bicyclic) bond motifs is 2. The zero-order chi connectivity index (χ0) is 21.0. The molecule has 0 fully saturated rings. The molecule has 0 atom stereocenters. The van der Waals surface area contributed by atoms with Gasteiger partial charge in [0.25, 0.3) is 0 Å². The van der Waals surface area contributed by atoms with E-state index in [0.717, 1.165) is 27.9 Å². The number of nitrogens with zero attached hydrogens (tertiary/aromatic N) is 2. The Hall–Kier alpha value is -4.36. The summed E-state index contributed by atoms with van der Waals surface area (Å²) in [4.78, 5) is 7.71. The first-order valence-electron chi connectivity index (χ1n) is 10.1. The van der Waals surface area contributed by atoms with Gasteiger partial charge >= 0.3 is 0 Å². The second-order valence-corrected chi connectivity index (χ2v) is 7.31. The molecule has 148 valence electrons. The molecule has 5 aromatic rings. The number of aromatic amines is 1. The zero-order valence-corrected chi connectivity index (χ0v) is 16.7. The summed E-state index contributed by atoms with van der Waals surface area (Å²) in [6.07, 6.45) is 1.82. The maximum absolute atomic E-state index is 9.60. The summed E-state index contributed by atoms with van der Waals surface area (Å²) in [5, 5.41) is 12.0. The van der Waals surface area contributed by atoms with Crippen LogP contribution >= 0.6 is 0 Å². The van der Waals surface area contributed by atoms with Crippen molar-refractivity contribution in [1.82, 2.24) is 9.97 Å². The highest BCUT2D eigenvalue weighted by Gasteiger charge is 2.07. The van der Waals surface area contributed by atoms with Crippen LogP contribution in [0.1, 0.15) is 17.0 Å². The highest BCUT2D eigenvalue weighted by atomic mass is 16.5. The molecule has 0 aliphatic carbocycles. The molecule has 0 spiro atoms. The molecule has 0 unspecified atom stereocenters. The number of aromatic nitrogens is 2. The van der Waals surface area contributed by atoms with Crippen molar-refractivity contribution in [3.8, 4) is 11.8 Å². The molecular weight excluding hydrogens is 382 g/mol. The van der Waals surface area contributed by atoms with E-state index < -0.39 is 0 Å². The van der Waals surface area contributed by atoms with E-state index in [9.17, 15) is 5.26 Å². The maximum atomic E-state index is 9.60. The largest absolute Gasteiger partial charge is 0.489 e. The number of nitriles is 1. The van der Waals surface area contributed by atoms with E-state index in [1.807, 2.05) is 66.7 Å². The van der Waals surface area contributed by atoms with E-state index in [2.05, 4.69) is 46.4 Å². The number of imidazole rings is 1. The molecule has 4 heteroatoms. The van der Waals surface area contributed by atoms with Crippen LogP contribution in [0.15, 0.2) is 91.0 Å². The van der Waals surface area contributed by atoms with Gasteiger partial charge in [-0.3, -0.25) is 0 Å². The van der Waals surface area contributed by atoms with Gasteiger partial charge in [-0.25, -0.2) is 4.98 Å². The van der Waals surface area contributed by atoms with Crippen molar-refractivity contribution in [2.24, 2.45) is 0 Å². The second kappa shape index (κ2) is 8.17. The molecule has 1 N–H and O–H groups in total. The smallest absolute Gasteiger partial charge is 0.149 e. The van der Waals surface area contributed by atoms with Crippen molar-refractivity contribution in [3.05, 3.63) is 108 Å². The van der Waals surface area contributed by atoms with Crippen molar-refractivity contribution >= 4 is 33.5 Å². The van der Waals surface area contributed by atoms with Crippen LogP contribution in [0.25, 0.3) is 33.5 Å². The summed E-state index contributed by atoms with van der Waals surface area (Å²) in [7, 11) is 0. The predicted octanol–water partition coefficient (Wildman–Crippen LogP) is 6.36. The van der Waals surface area contributed by atoms with Crippen molar-refractivity contribution in [2.75, 3.05) is 0 Å². The van der Waals surface area contributed by atoms with E-state index in [-0.39, 0.29) is 0 Å². The van der Waals surface area contributed by atoms with Gasteiger partial charge in [-0.15, -0.1) is 0 Å². The summed E-state index contributed by atoms with van der Waals surface area (Å²) in [5.41, 5.74) is 4.28. The van der Waals surface area contributed by atoms with Crippen LogP contribution in [0.2, 0.25) is 0 Å². The third-order valence-electron chi connectivity index (χ3n) is 5.18. The van der Waals surface area contributed by atoms with Crippen molar-refractivity contribution in [1.29, 1.82) is 5.26 Å². The number of hydrogen-bond acceptors (Lipinski definition) is 3. The molecule has 0 saturated heterocycles. The first-order chi connectivity index (χ1) is 15.3. The number of hydrogen-bond donors (Lipinski definition) is 1. The summed E-state index contributed by atoms with van der Waals surface area (Å²) >= 11 is 0. The molecule has 5 rings (SSSR count). The Morgan fingerprint density at radius 3 is 2.48 bits per heavy atom. The molecule has 4 nitrogen and oxygen atoms in total. The standard InChI is InChI=1S/C27H19N3O/c28-17-23(27-29-25-7-3-4-8-26(25)30-27)15-19-10-13-24(14-11-19)31-18-20-9-12-21-5-1-2-6-22(21)16-20/h1-16H,18H2,(H,29,30)/b23-15+. The van der Waals surface area contributed by atoms with E-state index in [4.69, 9.17) is 4.74 Å². The maximum Gasteiger partial charge on any atom is 0.149 e. The molecule has 0 radical (unpaired) electrons. The van der Waals surface area contributed by atoms with Crippen LogP contribution in [0.4, 0.5) is 0 Å². The SMILES string of the molecule is N#C/C(=C\c1ccc(OCc2ccc3ccccc3c2)cc1)c1nc2ccccc2[nH]1. The lowest BCUT2D eigenvalue weighted by atomic mass is 10.1. The zero-order valence-electron chi connectivity index (χ0n) is 16.7. The molecule has 4 aromatic carbocycles. The first-order valence-corrected chi connectivity index (χ1v) is 10.1. The van der Waals surface area contributed by atoms with Crippen LogP contribution in [0.5, 0.6) is 5.75 Å². The van der Waals surface area contributed by atoms with Gasteiger partial charge < -0.3 is 9.72 Å². The summed E-state index contributed by atoms with van der Waals surface area (Å²) in [5.74, 6) is 1.35. The van der Waals surface area contributed by atoms with Gasteiger partial charge in [0, 0.05) is 0 Å². The Bertz CT molecular complexity index is 1410. The lowest BCUT2D eigenvalue weighted by Crippen LogP contribution is -1.95. The summed E-state index contributed by atoms with van der Waals surface area (Å²) in [6, 6.07) is 32.3. The first kappa shape index (κ1) is 18.7. The van der Waals surface area contributed by atoms with Crippen LogP contribution in [0.3, 0.4) is 0 Å². The normalized spacial score (nSPS) is 11.5. The highest BCUT2D eigenvalue weighted by Crippen LogP contribution is 2.22. The highest BCUT2D eigenvalue weighted by molar-refractivity contribution is 5.90.